The van der Waals surface area contributed by atoms with Gasteiger partial charge in [-0.2, -0.15) is 5.10 Å². The number of amides is 2. The summed E-state index contributed by atoms with van der Waals surface area (Å²) in [7, 11) is -6.17. The summed E-state index contributed by atoms with van der Waals surface area (Å²) in [4.78, 5) is 39.5. The fraction of sp³-hybridized carbons (Fsp3) is 0.214. The molecule has 2 aliphatic carbocycles. The van der Waals surface area contributed by atoms with Crippen LogP contribution in [0.4, 0.5) is 20.4 Å². The van der Waals surface area contributed by atoms with Crippen LogP contribution in [0.5, 0.6) is 11.5 Å². The molecule has 20 heteroatoms. The molecule has 2 atom stereocenters. The van der Waals surface area contributed by atoms with E-state index in [1.165, 1.54) is 90.0 Å². The number of hydrogen-bond acceptors (Lipinski definition) is 11. The van der Waals surface area contributed by atoms with Crippen molar-refractivity contribution in [1.82, 2.24) is 19.7 Å². The minimum absolute atomic E-state index is 0.0772. The van der Waals surface area contributed by atoms with Crippen molar-refractivity contribution in [3.05, 3.63) is 149 Å². The van der Waals surface area contributed by atoms with Gasteiger partial charge < -0.3 is 20.1 Å². The third-order valence-electron chi connectivity index (χ3n) is 10.3. The van der Waals surface area contributed by atoms with Gasteiger partial charge in [0, 0.05) is 52.9 Å². The lowest BCUT2D eigenvalue weighted by atomic mass is 9.71. The van der Waals surface area contributed by atoms with Crippen molar-refractivity contribution in [2.24, 2.45) is 7.05 Å². The monoisotopic (exact) mass is 922 g/mol. The first-order valence-corrected chi connectivity index (χ1v) is 22.7. The summed E-state index contributed by atoms with van der Waals surface area (Å²) in [5, 5.41) is 8.01. The molecule has 2 aliphatic rings. The largest absolute Gasteiger partial charge is 0.464 e. The highest BCUT2D eigenvalue weighted by Crippen LogP contribution is 2.51. The highest BCUT2D eigenvalue weighted by atomic mass is 35.5. The molecule has 0 saturated heterocycles. The van der Waals surface area contributed by atoms with Gasteiger partial charge in [0.05, 0.1) is 26.5 Å². The molecular formula is C42H34Cl2F2N6O8S2. The Morgan fingerprint density at radius 1 is 0.677 bits per heavy atom. The summed E-state index contributed by atoms with van der Waals surface area (Å²) in [5.74, 6) is -6.57. The van der Waals surface area contributed by atoms with Gasteiger partial charge in [-0.25, -0.2) is 30.6 Å². The Morgan fingerprint density at radius 2 is 1.13 bits per heavy atom. The summed E-state index contributed by atoms with van der Waals surface area (Å²) in [5.41, 5.74) is -6.98. The van der Waals surface area contributed by atoms with Gasteiger partial charge in [0.25, 0.3) is 23.0 Å². The number of anilines is 2. The van der Waals surface area contributed by atoms with E-state index in [2.05, 4.69) is 25.7 Å². The van der Waals surface area contributed by atoms with Crippen LogP contribution in [0.2, 0.25) is 10.0 Å². The van der Waals surface area contributed by atoms with Crippen LogP contribution in [0.15, 0.2) is 126 Å². The molecule has 62 heavy (non-hydrogen) atoms. The van der Waals surface area contributed by atoms with Crippen LogP contribution in [0.1, 0.15) is 36.8 Å². The maximum atomic E-state index is 16.3. The van der Waals surface area contributed by atoms with Crippen LogP contribution in [0.3, 0.4) is 0 Å². The quantitative estimate of drug-likeness (QED) is 0.106. The van der Waals surface area contributed by atoms with Crippen molar-refractivity contribution in [2.45, 2.75) is 57.2 Å². The van der Waals surface area contributed by atoms with E-state index in [-0.39, 0.29) is 42.6 Å². The molecule has 2 saturated carbocycles. The lowest BCUT2D eigenvalue weighted by Crippen LogP contribution is -2.68. The molecule has 2 amide bonds. The second kappa shape index (κ2) is 16.4. The van der Waals surface area contributed by atoms with Crippen molar-refractivity contribution in [3.63, 3.8) is 0 Å². The third kappa shape index (κ3) is 7.98. The molecular weight excluding hydrogens is 890 g/mol. The first-order valence-electron chi connectivity index (χ1n) is 18.9. The van der Waals surface area contributed by atoms with E-state index in [4.69, 9.17) is 32.7 Å². The van der Waals surface area contributed by atoms with Gasteiger partial charge >= 0.3 is 0 Å². The number of hydrogen-bond donors (Lipinski definition) is 2. The molecule has 2 fully saturated rings. The van der Waals surface area contributed by atoms with Crippen molar-refractivity contribution in [1.29, 1.82) is 0 Å². The van der Waals surface area contributed by atoms with E-state index in [0.29, 0.717) is 25.7 Å². The van der Waals surface area contributed by atoms with Crippen LogP contribution in [0.25, 0.3) is 0 Å². The predicted molar refractivity (Wildman–Crippen MR) is 223 cm³/mol. The smallest absolute Gasteiger partial charge is 0.279 e. The fourth-order valence-corrected chi connectivity index (χ4v) is 10.6. The normalized spacial score (nSPS) is 16.1. The lowest BCUT2D eigenvalue weighted by molar-refractivity contribution is -0.173. The van der Waals surface area contributed by atoms with E-state index in [9.17, 15) is 16.8 Å². The van der Waals surface area contributed by atoms with Gasteiger partial charge in [-0.15, -0.1) is 0 Å². The Labute approximate surface area is 364 Å². The van der Waals surface area contributed by atoms with E-state index in [0.717, 1.165) is 30.5 Å². The molecule has 4 aromatic carbocycles. The summed E-state index contributed by atoms with van der Waals surface area (Å²) in [6.45, 7) is 0. The topological polar surface area (TPSA) is 189 Å². The number of halogens is 4. The van der Waals surface area contributed by atoms with Gasteiger partial charge in [-0.1, -0.05) is 47.5 Å². The standard InChI is InChI=1S/C42H34Cl2F2N6O8S2/c1-52-21-18-37(51-52)49-39(53)41(59-35-16-6-27(43)22-33(35)45,25-2-8-29(9-3-25)61(55,56)31-12-13-31)42(40(54)50-38-24-47-19-20-48-38,60-36-17-7-28(44)23-34(36)46)26-4-10-30(11-5-26)62(57,58)32-14-15-32/h2-11,16-24,31-32H,12-15H2,1H3,(H,48,50,54)(H,49,51,53). The number of aromatic nitrogens is 4. The molecule has 8 rings (SSSR count). The molecule has 2 heterocycles. The van der Waals surface area contributed by atoms with Crippen LogP contribution in [-0.2, 0) is 47.5 Å². The summed E-state index contributed by atoms with van der Waals surface area (Å²) in [6.07, 6.45) is 6.92. The predicted octanol–water partition coefficient (Wildman–Crippen LogP) is 7.19. The van der Waals surface area contributed by atoms with E-state index < -0.39 is 76.3 Å². The SMILES string of the molecule is Cn1ccc(NC(=O)C(Oc2ccc(Cl)cc2F)(c2ccc(S(=O)(=O)C3CC3)cc2)C(Oc2ccc(Cl)cc2F)(C(=O)Nc2cnccn2)c2ccc(S(=O)(=O)C3CC3)cc2)n1. The Kier molecular flexibility index (Phi) is 11.3. The van der Waals surface area contributed by atoms with E-state index in [1.807, 2.05) is 0 Å². The van der Waals surface area contributed by atoms with Gasteiger partial charge in [0.15, 0.2) is 54.4 Å². The minimum Gasteiger partial charge on any atom is -0.464 e. The lowest BCUT2D eigenvalue weighted by Gasteiger charge is -2.47. The molecule has 0 aliphatic heterocycles. The summed E-state index contributed by atoms with van der Waals surface area (Å²) >= 11 is 12.3. The Morgan fingerprint density at radius 3 is 1.50 bits per heavy atom. The molecule has 2 unspecified atom stereocenters. The number of benzene rings is 4. The van der Waals surface area contributed by atoms with Crippen LogP contribution >= 0.6 is 23.2 Å². The Balaban J connectivity index is 1.50. The number of aryl methyl sites for hydroxylation is 1. The number of rotatable bonds is 15. The van der Waals surface area contributed by atoms with E-state index >= 15 is 18.4 Å². The zero-order valence-electron chi connectivity index (χ0n) is 32.3. The maximum absolute atomic E-state index is 16.3. The fourth-order valence-electron chi connectivity index (χ4n) is 6.94. The second-order valence-electron chi connectivity index (χ2n) is 14.6. The molecule has 320 valence electrons. The first-order chi connectivity index (χ1) is 29.5. The zero-order valence-corrected chi connectivity index (χ0v) is 35.5. The van der Waals surface area contributed by atoms with Gasteiger partial charge in [-0.05, 0) is 86.3 Å². The molecule has 2 aromatic heterocycles. The number of carbonyl (C=O) groups excluding carboxylic acids is 2. The number of nitrogens with zero attached hydrogens (tertiary/aromatic N) is 4. The minimum atomic E-state index is -3.86. The Hall–Kier alpha value is -5.95. The highest BCUT2D eigenvalue weighted by Gasteiger charge is 2.69. The van der Waals surface area contributed by atoms with Crippen molar-refractivity contribution >= 4 is 66.3 Å². The van der Waals surface area contributed by atoms with Crippen molar-refractivity contribution in [3.8, 4) is 11.5 Å². The molecule has 14 nitrogen and oxygen atoms in total. The summed E-state index contributed by atoms with van der Waals surface area (Å²) < 4.78 is 101. The molecule has 0 spiro atoms. The number of carbonyl (C=O) groups is 2. The van der Waals surface area contributed by atoms with Crippen LogP contribution in [-0.4, -0.2) is 58.9 Å². The average Bonchev–Trinajstić information content (AvgIpc) is 4.19. The van der Waals surface area contributed by atoms with Crippen molar-refractivity contribution in [2.75, 3.05) is 10.6 Å². The molecule has 2 N–H and O–H groups in total. The van der Waals surface area contributed by atoms with Crippen molar-refractivity contribution < 1.29 is 44.7 Å². The van der Waals surface area contributed by atoms with Crippen LogP contribution < -0.4 is 20.1 Å². The zero-order chi connectivity index (χ0) is 44.0. The molecule has 0 radical (unpaired) electrons. The highest BCUT2D eigenvalue weighted by molar-refractivity contribution is 7.92. The Bertz CT molecular complexity index is 2920. The van der Waals surface area contributed by atoms with Gasteiger partial charge in [-0.3, -0.25) is 19.3 Å². The summed E-state index contributed by atoms with van der Waals surface area (Å²) in [6, 6.07) is 17.2. The van der Waals surface area contributed by atoms with Gasteiger partial charge in [0.2, 0.25) is 0 Å². The second-order valence-corrected chi connectivity index (χ2v) is 20.0. The molecule has 0 bridgehead atoms. The van der Waals surface area contributed by atoms with E-state index in [1.54, 1.807) is 7.05 Å². The third-order valence-corrected chi connectivity index (χ3v) is 15.3. The number of sulfone groups is 2. The molecule has 6 aromatic rings. The van der Waals surface area contributed by atoms with Gasteiger partial charge in [0.1, 0.15) is 0 Å². The maximum Gasteiger partial charge on any atom is 0.279 e. The number of ether oxygens (including phenoxy) is 2. The van der Waals surface area contributed by atoms with Crippen LogP contribution in [0, 0.1) is 11.6 Å². The first kappa shape index (κ1) is 42.7. The number of nitrogens with one attached hydrogen (secondary N) is 2. The average molecular weight is 924 g/mol.